The summed E-state index contributed by atoms with van der Waals surface area (Å²) in [7, 11) is 1.52. The average Bonchev–Trinajstić information content (AvgIpc) is 3.27. The van der Waals surface area contributed by atoms with Crippen LogP contribution in [0.15, 0.2) is 53.6 Å². The van der Waals surface area contributed by atoms with E-state index in [-0.39, 0.29) is 18.1 Å². The van der Waals surface area contributed by atoms with Crippen molar-refractivity contribution in [1.29, 1.82) is 0 Å². The maximum absolute atomic E-state index is 12.4. The molecule has 0 radical (unpaired) electrons. The number of aryl methyl sites for hydroxylation is 2. The van der Waals surface area contributed by atoms with E-state index >= 15 is 0 Å². The fourth-order valence-corrected chi connectivity index (χ4v) is 3.24. The maximum Gasteiger partial charge on any atom is 0.311 e. The molecule has 0 saturated carbocycles. The molecule has 1 amide bonds. The predicted molar refractivity (Wildman–Crippen MR) is 126 cm³/mol. The molecule has 0 aliphatic carbocycles. The van der Waals surface area contributed by atoms with Crippen LogP contribution < -0.4 is 14.9 Å². The van der Waals surface area contributed by atoms with Gasteiger partial charge in [-0.15, -0.1) is 5.10 Å². The number of non-ortho nitro benzene ring substituents is 1. The van der Waals surface area contributed by atoms with Crippen molar-refractivity contribution in [1.82, 2.24) is 25.0 Å². The second-order valence-corrected chi connectivity index (χ2v) is 7.51. The van der Waals surface area contributed by atoms with Gasteiger partial charge in [0.25, 0.3) is 11.5 Å². The number of hydrogen-bond donors (Lipinski definition) is 1. The summed E-state index contributed by atoms with van der Waals surface area (Å²) < 4.78 is 12.7. The molecule has 0 aliphatic rings. The molecule has 0 fully saturated rings. The Morgan fingerprint density at radius 3 is 2.63 bits per heavy atom. The number of methoxy groups -OCH3 is 1. The number of fused-ring (bicyclic) bond motifs is 1. The first-order valence-corrected chi connectivity index (χ1v) is 10.4. The van der Waals surface area contributed by atoms with Gasteiger partial charge in [0.15, 0.2) is 11.5 Å². The van der Waals surface area contributed by atoms with Gasteiger partial charge in [0.05, 0.1) is 18.2 Å². The summed E-state index contributed by atoms with van der Waals surface area (Å²) in [6, 6.07) is 13.1. The van der Waals surface area contributed by atoms with Crippen LogP contribution in [0.2, 0.25) is 0 Å². The molecule has 0 atom stereocenters. The quantitative estimate of drug-likeness (QED) is 0.232. The Kier molecular flexibility index (Phi) is 6.62. The Morgan fingerprint density at radius 1 is 1.14 bits per heavy atom. The molecule has 0 spiro atoms. The molecule has 4 rings (SSSR count). The van der Waals surface area contributed by atoms with Crippen molar-refractivity contribution < 1.29 is 19.2 Å². The molecule has 12 heteroatoms. The zero-order chi connectivity index (χ0) is 24.9. The van der Waals surface area contributed by atoms with E-state index in [0.29, 0.717) is 22.8 Å². The summed E-state index contributed by atoms with van der Waals surface area (Å²) in [5, 5.41) is 18.9. The zero-order valence-electron chi connectivity index (χ0n) is 19.1. The van der Waals surface area contributed by atoms with E-state index in [4.69, 9.17) is 9.47 Å². The van der Waals surface area contributed by atoms with Crippen LogP contribution >= 0.6 is 0 Å². The molecule has 4 aromatic rings. The van der Waals surface area contributed by atoms with E-state index < -0.39 is 10.8 Å². The van der Waals surface area contributed by atoms with Crippen molar-refractivity contribution >= 4 is 23.6 Å². The lowest BCUT2D eigenvalue weighted by molar-refractivity contribution is -0.384. The van der Waals surface area contributed by atoms with Gasteiger partial charge in [-0.25, -0.2) is 14.9 Å². The lowest BCUT2D eigenvalue weighted by Gasteiger charge is -2.11. The predicted octanol–water partition coefficient (Wildman–Crippen LogP) is 3.00. The van der Waals surface area contributed by atoms with E-state index in [1.54, 1.807) is 30.3 Å². The molecular weight excluding hydrogens is 454 g/mol. The largest absolute Gasteiger partial charge is 0.493 e. The average molecular weight is 475 g/mol. The minimum atomic E-state index is -0.577. The fraction of sp³-hybridized carbons (Fsp3) is 0.174. The van der Waals surface area contributed by atoms with Crippen LogP contribution in [0.5, 0.6) is 11.5 Å². The highest BCUT2D eigenvalue weighted by Crippen LogP contribution is 2.28. The number of carbonyl (C=O) groups is 1. The number of benzene rings is 2. The van der Waals surface area contributed by atoms with Gasteiger partial charge in [-0.05, 0) is 61.4 Å². The van der Waals surface area contributed by atoms with Crippen LogP contribution in [0, 0.1) is 24.0 Å². The number of nitro groups is 1. The molecule has 35 heavy (non-hydrogen) atoms. The van der Waals surface area contributed by atoms with Crippen LogP contribution in [0.25, 0.3) is 5.78 Å². The van der Waals surface area contributed by atoms with Gasteiger partial charge in [-0.3, -0.25) is 14.9 Å². The second-order valence-electron chi connectivity index (χ2n) is 7.51. The molecule has 2 heterocycles. The molecule has 0 aliphatic heterocycles. The van der Waals surface area contributed by atoms with Crippen molar-refractivity contribution in [2.24, 2.45) is 5.10 Å². The lowest BCUT2D eigenvalue weighted by atomic mass is 10.2. The number of hydrazone groups is 1. The monoisotopic (exact) mass is 475 g/mol. The van der Waals surface area contributed by atoms with Crippen LogP contribution in [-0.4, -0.2) is 43.7 Å². The number of nitro benzene ring substituents is 1. The number of hydrogen-bond acceptors (Lipinski definition) is 9. The SMILES string of the molecule is COc1ccc(/C=N\NC(=O)c2nc3nc(C)cc(C)n3n2)cc1OCc1ccc([N+](=O)[O-])cc1. The first-order valence-electron chi connectivity index (χ1n) is 10.4. The summed E-state index contributed by atoms with van der Waals surface area (Å²) in [5.74, 6) is 0.652. The van der Waals surface area contributed by atoms with Crippen LogP contribution in [-0.2, 0) is 6.61 Å². The second kappa shape index (κ2) is 9.95. The van der Waals surface area contributed by atoms with Crippen LogP contribution in [0.1, 0.15) is 33.1 Å². The van der Waals surface area contributed by atoms with Gasteiger partial charge in [0, 0.05) is 23.5 Å². The third-order valence-corrected chi connectivity index (χ3v) is 4.93. The van der Waals surface area contributed by atoms with Crippen molar-refractivity contribution in [2.45, 2.75) is 20.5 Å². The van der Waals surface area contributed by atoms with E-state index in [0.717, 1.165) is 17.0 Å². The zero-order valence-corrected chi connectivity index (χ0v) is 19.1. The minimum Gasteiger partial charge on any atom is -0.493 e. The van der Waals surface area contributed by atoms with Crippen LogP contribution in [0.4, 0.5) is 5.69 Å². The Balaban J connectivity index is 1.43. The molecule has 0 bridgehead atoms. The Bertz CT molecular complexity index is 1430. The van der Waals surface area contributed by atoms with Gasteiger partial charge in [-0.2, -0.15) is 10.1 Å². The van der Waals surface area contributed by atoms with E-state index in [9.17, 15) is 14.9 Å². The highest BCUT2D eigenvalue weighted by Gasteiger charge is 2.14. The van der Waals surface area contributed by atoms with Gasteiger partial charge >= 0.3 is 5.91 Å². The lowest BCUT2D eigenvalue weighted by Crippen LogP contribution is -2.19. The van der Waals surface area contributed by atoms with Crippen molar-refractivity contribution in [2.75, 3.05) is 7.11 Å². The summed E-state index contributed by atoms with van der Waals surface area (Å²) in [5.41, 5.74) is 5.38. The molecule has 0 saturated heterocycles. The van der Waals surface area contributed by atoms with E-state index in [2.05, 4.69) is 25.6 Å². The fourth-order valence-electron chi connectivity index (χ4n) is 3.24. The normalized spacial score (nSPS) is 11.1. The van der Waals surface area contributed by atoms with Crippen LogP contribution in [0.3, 0.4) is 0 Å². The maximum atomic E-state index is 12.4. The Labute approximate surface area is 199 Å². The third kappa shape index (κ3) is 5.38. The van der Waals surface area contributed by atoms with E-state index in [1.807, 2.05) is 19.9 Å². The molecule has 0 unspecified atom stereocenters. The number of nitrogens with one attached hydrogen (secondary N) is 1. The number of nitrogens with zero attached hydrogens (tertiary/aromatic N) is 6. The topological polar surface area (TPSA) is 146 Å². The smallest absolute Gasteiger partial charge is 0.311 e. The number of aromatic nitrogens is 4. The van der Waals surface area contributed by atoms with Gasteiger partial charge in [0.2, 0.25) is 5.82 Å². The van der Waals surface area contributed by atoms with Crippen molar-refractivity contribution in [3.05, 3.63) is 87.0 Å². The highest BCUT2D eigenvalue weighted by atomic mass is 16.6. The van der Waals surface area contributed by atoms with Gasteiger partial charge in [-0.1, -0.05) is 0 Å². The number of ether oxygens (including phenoxy) is 2. The molecular formula is C23H21N7O5. The highest BCUT2D eigenvalue weighted by molar-refractivity contribution is 5.91. The van der Waals surface area contributed by atoms with E-state index in [1.165, 1.54) is 30.0 Å². The van der Waals surface area contributed by atoms with Crippen molar-refractivity contribution in [3.63, 3.8) is 0 Å². The summed E-state index contributed by atoms with van der Waals surface area (Å²) in [6.07, 6.45) is 1.44. The number of amides is 1. The number of carbonyl (C=O) groups excluding carboxylic acids is 1. The van der Waals surface area contributed by atoms with Crippen molar-refractivity contribution in [3.8, 4) is 11.5 Å². The first kappa shape index (κ1) is 23.3. The van der Waals surface area contributed by atoms with Gasteiger partial charge < -0.3 is 9.47 Å². The molecule has 2 aromatic carbocycles. The summed E-state index contributed by atoms with van der Waals surface area (Å²) in [6.45, 7) is 3.86. The van der Waals surface area contributed by atoms with Gasteiger partial charge in [0.1, 0.15) is 6.61 Å². The standard InChI is InChI=1S/C23H21N7O5/c1-14-10-15(2)29-23(25-14)26-21(28-29)22(31)27-24-12-17-6-9-19(34-3)20(11-17)35-13-16-4-7-18(8-5-16)30(32)33/h4-12H,13H2,1-3H3,(H,27,31)/b24-12-. The first-order chi connectivity index (χ1) is 16.8. The minimum absolute atomic E-state index is 0.00643. The molecule has 178 valence electrons. The summed E-state index contributed by atoms with van der Waals surface area (Å²) in [4.78, 5) is 31.2. The molecule has 12 nitrogen and oxygen atoms in total. The third-order valence-electron chi connectivity index (χ3n) is 4.93. The molecule has 1 N–H and O–H groups in total. The molecule has 2 aromatic heterocycles. The number of rotatable bonds is 8. The Hall–Kier alpha value is -4.87. The Morgan fingerprint density at radius 2 is 1.91 bits per heavy atom. The summed E-state index contributed by atoms with van der Waals surface area (Å²) >= 11 is 0.